The van der Waals surface area contributed by atoms with Crippen molar-refractivity contribution in [2.24, 2.45) is 0 Å². The number of fused-ring (bicyclic) bond motifs is 1. The minimum absolute atomic E-state index is 0.317. The van der Waals surface area contributed by atoms with Crippen LogP contribution >= 0.6 is 0 Å². The lowest BCUT2D eigenvalue weighted by Crippen LogP contribution is -2.35. The van der Waals surface area contributed by atoms with Crippen LogP contribution in [0.2, 0.25) is 0 Å². The van der Waals surface area contributed by atoms with Crippen LogP contribution in [-0.2, 0) is 0 Å². The highest BCUT2D eigenvalue weighted by Crippen LogP contribution is 2.33. The molecule has 0 aliphatic carbocycles. The van der Waals surface area contributed by atoms with Crippen LogP contribution in [0.1, 0.15) is 51.2 Å². The number of rotatable bonds is 0. The summed E-state index contributed by atoms with van der Waals surface area (Å²) in [7, 11) is 0. The first-order valence-corrected chi connectivity index (χ1v) is 5.83. The Morgan fingerprint density at radius 1 is 1.31 bits per heavy atom. The largest absolute Gasteiger partial charge is 0.623 e. The molecule has 0 radical (unpaired) electrons. The van der Waals surface area contributed by atoms with Crippen LogP contribution in [0.25, 0.3) is 0 Å². The van der Waals surface area contributed by atoms with Gasteiger partial charge in [0.15, 0.2) is 11.3 Å². The number of hydroxylamine groups is 1. The van der Waals surface area contributed by atoms with Gasteiger partial charge in [-0.25, -0.2) is 4.74 Å². The van der Waals surface area contributed by atoms with Crippen molar-refractivity contribution in [3.63, 3.8) is 0 Å². The Labute approximate surface area is 97.2 Å². The van der Waals surface area contributed by atoms with E-state index in [9.17, 15) is 5.21 Å². The lowest BCUT2D eigenvalue weighted by Gasteiger charge is -2.25. The van der Waals surface area contributed by atoms with Crippen molar-refractivity contribution in [2.45, 2.75) is 45.6 Å². The van der Waals surface area contributed by atoms with E-state index in [-0.39, 0.29) is 5.54 Å². The molecule has 0 saturated heterocycles. The standard InChI is InChI=1S/C14H19NO/c1-10-9-14(3,4)15(16)11(2)13-8-6-5-7-12(10)13/h5-8,10H,9H2,1-4H3/t10-/m1/s1. The number of nitrogens with zero attached hydrogens (tertiary/aromatic N) is 1. The molecule has 0 N–H and O–H groups in total. The maximum atomic E-state index is 12.3. The molecular formula is C14H19NO. The van der Waals surface area contributed by atoms with Gasteiger partial charge in [0.05, 0.1) is 0 Å². The fourth-order valence-corrected chi connectivity index (χ4v) is 2.76. The molecule has 0 aromatic heterocycles. The van der Waals surface area contributed by atoms with Crippen molar-refractivity contribution in [3.05, 3.63) is 40.6 Å². The van der Waals surface area contributed by atoms with Gasteiger partial charge in [0.2, 0.25) is 0 Å². The smallest absolute Gasteiger partial charge is 0.191 e. The van der Waals surface area contributed by atoms with Gasteiger partial charge in [0.1, 0.15) is 0 Å². The molecule has 86 valence electrons. The van der Waals surface area contributed by atoms with Gasteiger partial charge in [0.25, 0.3) is 0 Å². The van der Waals surface area contributed by atoms with E-state index >= 15 is 0 Å². The minimum Gasteiger partial charge on any atom is -0.623 e. The zero-order valence-corrected chi connectivity index (χ0v) is 10.4. The molecule has 0 saturated carbocycles. The zero-order valence-electron chi connectivity index (χ0n) is 10.4. The van der Waals surface area contributed by atoms with E-state index in [1.807, 2.05) is 32.9 Å². The molecule has 0 spiro atoms. The van der Waals surface area contributed by atoms with Crippen LogP contribution in [0.5, 0.6) is 0 Å². The summed E-state index contributed by atoms with van der Waals surface area (Å²) in [5, 5.41) is 12.3. The predicted molar refractivity (Wildman–Crippen MR) is 67.0 cm³/mol. The Hall–Kier alpha value is -1.31. The molecule has 1 heterocycles. The third-order valence-corrected chi connectivity index (χ3v) is 3.54. The lowest BCUT2D eigenvalue weighted by atomic mass is 9.87. The third-order valence-electron chi connectivity index (χ3n) is 3.54. The van der Waals surface area contributed by atoms with Crippen LogP contribution in [0.3, 0.4) is 0 Å². The van der Waals surface area contributed by atoms with Gasteiger partial charge < -0.3 is 5.21 Å². The Balaban J connectivity index is 2.66. The number of hydrogen-bond acceptors (Lipinski definition) is 1. The Kier molecular flexibility index (Phi) is 2.53. The van der Waals surface area contributed by atoms with Crippen LogP contribution in [0.15, 0.2) is 24.3 Å². The van der Waals surface area contributed by atoms with E-state index in [4.69, 9.17) is 0 Å². The van der Waals surface area contributed by atoms with Crippen LogP contribution in [0.4, 0.5) is 0 Å². The monoisotopic (exact) mass is 217 g/mol. The van der Waals surface area contributed by atoms with E-state index in [2.05, 4.69) is 19.1 Å². The number of hydrogen-bond donors (Lipinski definition) is 0. The van der Waals surface area contributed by atoms with E-state index in [0.717, 1.165) is 17.7 Å². The minimum atomic E-state index is -0.317. The molecule has 0 amide bonds. The molecule has 1 aromatic rings. The van der Waals surface area contributed by atoms with Gasteiger partial charge in [-0.05, 0) is 17.5 Å². The Bertz CT molecular complexity index is 446. The molecule has 0 unspecified atom stereocenters. The van der Waals surface area contributed by atoms with Gasteiger partial charge in [-0.3, -0.25) is 0 Å². The van der Waals surface area contributed by atoms with Crippen LogP contribution in [0, 0.1) is 5.21 Å². The highest BCUT2D eigenvalue weighted by atomic mass is 16.5. The maximum absolute atomic E-state index is 12.3. The fourth-order valence-electron chi connectivity index (χ4n) is 2.76. The van der Waals surface area contributed by atoms with Crippen molar-refractivity contribution in [3.8, 4) is 0 Å². The third kappa shape index (κ3) is 1.62. The first kappa shape index (κ1) is 11.2. The summed E-state index contributed by atoms with van der Waals surface area (Å²) in [6, 6.07) is 8.24. The Morgan fingerprint density at radius 2 is 1.94 bits per heavy atom. The fraction of sp³-hybridized carbons (Fsp3) is 0.500. The normalized spacial score (nSPS) is 23.9. The second-order valence-corrected chi connectivity index (χ2v) is 5.38. The molecule has 2 heteroatoms. The SMILES string of the molecule is CC1=[N+]([O-])C(C)(C)C[C@@H](C)c2ccccc21. The topological polar surface area (TPSA) is 26.1 Å². The van der Waals surface area contributed by atoms with E-state index in [0.29, 0.717) is 5.92 Å². The summed E-state index contributed by atoms with van der Waals surface area (Å²) in [5.41, 5.74) is 2.93. The van der Waals surface area contributed by atoms with Crippen LogP contribution in [-0.4, -0.2) is 16.0 Å². The summed E-state index contributed by atoms with van der Waals surface area (Å²) in [4.78, 5) is 0. The van der Waals surface area contributed by atoms with Gasteiger partial charge in [-0.1, -0.05) is 25.1 Å². The van der Waals surface area contributed by atoms with Gasteiger partial charge in [0, 0.05) is 32.8 Å². The number of benzene rings is 1. The van der Waals surface area contributed by atoms with Gasteiger partial charge >= 0.3 is 0 Å². The predicted octanol–water partition coefficient (Wildman–Crippen LogP) is 3.29. The quantitative estimate of drug-likeness (QED) is 0.483. The average molecular weight is 217 g/mol. The highest BCUT2D eigenvalue weighted by molar-refractivity contribution is 5.96. The second-order valence-electron chi connectivity index (χ2n) is 5.38. The molecule has 1 aromatic carbocycles. The van der Waals surface area contributed by atoms with Crippen molar-refractivity contribution < 1.29 is 4.74 Å². The lowest BCUT2D eigenvalue weighted by molar-refractivity contribution is -0.541. The molecule has 16 heavy (non-hydrogen) atoms. The molecule has 2 nitrogen and oxygen atoms in total. The molecule has 2 rings (SSSR count). The molecule has 0 fully saturated rings. The first-order valence-electron chi connectivity index (χ1n) is 5.83. The molecule has 1 aliphatic heterocycles. The second kappa shape index (κ2) is 3.62. The summed E-state index contributed by atoms with van der Waals surface area (Å²) < 4.78 is 1.18. The van der Waals surface area contributed by atoms with E-state index < -0.39 is 0 Å². The molecular weight excluding hydrogens is 198 g/mol. The van der Waals surface area contributed by atoms with Crippen molar-refractivity contribution in [2.75, 3.05) is 0 Å². The molecule has 1 atom stereocenters. The Morgan fingerprint density at radius 3 is 2.62 bits per heavy atom. The summed E-state index contributed by atoms with van der Waals surface area (Å²) >= 11 is 0. The summed E-state index contributed by atoms with van der Waals surface area (Å²) in [5.74, 6) is 0.431. The average Bonchev–Trinajstić information content (AvgIpc) is 2.31. The summed E-state index contributed by atoms with van der Waals surface area (Å²) in [6.45, 7) is 8.16. The van der Waals surface area contributed by atoms with Crippen LogP contribution < -0.4 is 0 Å². The zero-order chi connectivity index (χ0) is 11.9. The van der Waals surface area contributed by atoms with E-state index in [1.54, 1.807) is 0 Å². The van der Waals surface area contributed by atoms with Gasteiger partial charge in [-0.2, -0.15) is 0 Å². The first-order chi connectivity index (χ1) is 7.43. The highest BCUT2D eigenvalue weighted by Gasteiger charge is 2.35. The van der Waals surface area contributed by atoms with E-state index in [1.165, 1.54) is 10.3 Å². The molecule has 0 bridgehead atoms. The van der Waals surface area contributed by atoms with Crippen molar-refractivity contribution in [1.29, 1.82) is 0 Å². The summed E-state index contributed by atoms with van der Waals surface area (Å²) in [6.07, 6.45) is 0.894. The van der Waals surface area contributed by atoms with Gasteiger partial charge in [-0.15, -0.1) is 0 Å². The van der Waals surface area contributed by atoms with Crippen molar-refractivity contribution >= 4 is 5.71 Å². The van der Waals surface area contributed by atoms with Crippen molar-refractivity contribution in [1.82, 2.24) is 0 Å². The molecule has 1 aliphatic rings. The maximum Gasteiger partial charge on any atom is 0.191 e.